The van der Waals surface area contributed by atoms with Gasteiger partial charge in [-0.15, -0.1) is 0 Å². The normalized spacial score (nSPS) is 12.6. The Labute approximate surface area is 371 Å². The molecular formula is C60H38BN3. The van der Waals surface area contributed by atoms with Gasteiger partial charge in [0.15, 0.2) is 0 Å². The lowest BCUT2D eigenvalue weighted by atomic mass is 9.33. The molecule has 0 aliphatic carbocycles. The van der Waals surface area contributed by atoms with E-state index < -0.39 is 0 Å². The second-order valence-corrected chi connectivity index (χ2v) is 17.2. The van der Waals surface area contributed by atoms with Gasteiger partial charge in [-0.2, -0.15) is 0 Å². The number of hydrogen-bond donors (Lipinski definition) is 0. The maximum Gasteiger partial charge on any atom is 0.252 e. The molecule has 0 saturated carbocycles. The Bertz CT molecular complexity index is 3810. The van der Waals surface area contributed by atoms with Crippen LogP contribution in [0, 0.1) is 0 Å². The molecule has 0 spiro atoms. The molecule has 296 valence electrons. The Kier molecular flexibility index (Phi) is 7.49. The Morgan fingerprint density at radius 1 is 0.297 bits per heavy atom. The van der Waals surface area contributed by atoms with Gasteiger partial charge < -0.3 is 14.0 Å². The number of hydrogen-bond acceptors (Lipinski definition) is 1. The lowest BCUT2D eigenvalue weighted by molar-refractivity contribution is 1.17. The molecule has 0 bridgehead atoms. The molecule has 2 aliphatic heterocycles. The fourth-order valence-corrected chi connectivity index (χ4v) is 11.2. The third-order valence-corrected chi connectivity index (χ3v) is 13.9. The number of benzene rings is 10. The first-order valence-electron chi connectivity index (χ1n) is 22.2. The minimum absolute atomic E-state index is 0.0133. The van der Waals surface area contributed by atoms with Crippen LogP contribution in [0.2, 0.25) is 0 Å². The van der Waals surface area contributed by atoms with Crippen molar-refractivity contribution in [1.29, 1.82) is 0 Å². The number of para-hydroxylation sites is 2. The molecule has 0 amide bonds. The number of anilines is 3. The number of rotatable bonds is 5. The van der Waals surface area contributed by atoms with Crippen LogP contribution in [-0.4, -0.2) is 15.8 Å². The Morgan fingerprint density at radius 3 is 1.47 bits per heavy atom. The topological polar surface area (TPSA) is 13.1 Å². The maximum atomic E-state index is 2.58. The Balaban J connectivity index is 1.08. The summed E-state index contributed by atoms with van der Waals surface area (Å²) >= 11 is 0. The monoisotopic (exact) mass is 811 g/mol. The number of nitrogens with zero attached hydrogens (tertiary/aromatic N) is 3. The van der Waals surface area contributed by atoms with E-state index in [1.165, 1.54) is 110 Å². The summed E-state index contributed by atoms with van der Waals surface area (Å²) in [5.41, 5.74) is 22.2. The molecule has 64 heavy (non-hydrogen) atoms. The summed E-state index contributed by atoms with van der Waals surface area (Å²) in [6.07, 6.45) is 0. The van der Waals surface area contributed by atoms with Crippen molar-refractivity contribution in [3.8, 4) is 44.8 Å². The van der Waals surface area contributed by atoms with Gasteiger partial charge in [0.05, 0.1) is 22.1 Å². The van der Waals surface area contributed by atoms with Crippen molar-refractivity contribution in [3.05, 3.63) is 231 Å². The molecule has 0 N–H and O–H groups in total. The van der Waals surface area contributed by atoms with Crippen LogP contribution in [0.25, 0.3) is 88.4 Å². The smallest absolute Gasteiger partial charge is 0.252 e. The first-order valence-corrected chi connectivity index (χ1v) is 22.2. The predicted molar refractivity (Wildman–Crippen MR) is 271 cm³/mol. The van der Waals surface area contributed by atoms with Crippen LogP contribution < -0.4 is 21.3 Å². The summed E-state index contributed by atoms with van der Waals surface area (Å²) in [7, 11) is 0. The number of aromatic nitrogens is 2. The van der Waals surface area contributed by atoms with Crippen LogP contribution in [0.4, 0.5) is 17.1 Å². The molecule has 3 nitrogen and oxygen atoms in total. The summed E-state index contributed by atoms with van der Waals surface area (Å²) in [6, 6.07) is 85.1. The Hall–Kier alpha value is -8.34. The van der Waals surface area contributed by atoms with Crippen molar-refractivity contribution < 1.29 is 0 Å². The van der Waals surface area contributed by atoms with Crippen LogP contribution in [0.15, 0.2) is 231 Å². The molecule has 12 aromatic rings. The molecule has 4 heterocycles. The highest BCUT2D eigenvalue weighted by Crippen LogP contribution is 2.46. The van der Waals surface area contributed by atoms with Crippen molar-refractivity contribution in [2.45, 2.75) is 0 Å². The molecule has 2 aromatic heterocycles. The molecule has 2 aliphatic rings. The van der Waals surface area contributed by atoms with E-state index in [2.05, 4.69) is 245 Å². The van der Waals surface area contributed by atoms with Crippen molar-refractivity contribution >= 4 is 83.8 Å². The molecule has 0 atom stereocenters. The van der Waals surface area contributed by atoms with E-state index in [-0.39, 0.29) is 6.71 Å². The van der Waals surface area contributed by atoms with Gasteiger partial charge in [0.2, 0.25) is 0 Å². The largest absolute Gasteiger partial charge is 0.311 e. The van der Waals surface area contributed by atoms with Crippen LogP contribution in [0.3, 0.4) is 0 Å². The summed E-state index contributed by atoms with van der Waals surface area (Å²) in [4.78, 5) is 2.51. The zero-order valence-electron chi connectivity index (χ0n) is 34.9. The minimum atomic E-state index is -0.0133. The van der Waals surface area contributed by atoms with E-state index in [0.29, 0.717) is 0 Å². The average Bonchev–Trinajstić information content (AvgIpc) is 3.89. The second-order valence-electron chi connectivity index (χ2n) is 17.2. The molecular weight excluding hydrogens is 773 g/mol. The summed E-state index contributed by atoms with van der Waals surface area (Å²) in [5, 5.41) is 5.08. The van der Waals surface area contributed by atoms with E-state index in [1.807, 2.05) is 0 Å². The van der Waals surface area contributed by atoms with E-state index in [9.17, 15) is 0 Å². The fraction of sp³-hybridized carbons (Fsp3) is 0. The molecule has 0 radical (unpaired) electrons. The van der Waals surface area contributed by atoms with Gasteiger partial charge in [-0.05, 0) is 104 Å². The lowest BCUT2D eigenvalue weighted by Gasteiger charge is -2.40. The standard InChI is InChI=1S/C60H38BN3/c1-4-15-39(16-5-1)42-27-32-45(33-28-42)62-54-36-31-44(41-19-8-3-9-20-41)37-50(54)61-51-38-49-47-21-10-12-23-52(47)63(46-34-29-43(30-35-46)40-17-6-2-7-18-40)59(49)57-48-22-11-13-24-53(48)64(60(51)57)56-26-14-25-55(62)58(56)61/h1-38H. The van der Waals surface area contributed by atoms with Crippen molar-refractivity contribution in [3.63, 3.8) is 0 Å². The van der Waals surface area contributed by atoms with Gasteiger partial charge >= 0.3 is 0 Å². The van der Waals surface area contributed by atoms with E-state index in [0.717, 1.165) is 11.4 Å². The molecule has 0 saturated heterocycles. The zero-order valence-corrected chi connectivity index (χ0v) is 34.9. The van der Waals surface area contributed by atoms with Crippen LogP contribution in [0.5, 0.6) is 0 Å². The van der Waals surface area contributed by atoms with Crippen molar-refractivity contribution in [1.82, 2.24) is 9.13 Å². The van der Waals surface area contributed by atoms with Crippen LogP contribution in [0.1, 0.15) is 0 Å². The van der Waals surface area contributed by atoms with E-state index in [1.54, 1.807) is 0 Å². The SMILES string of the molecule is c1ccc(-c2ccc(N3c4ccc(-c5ccccc5)cc4B4c5c3cccc5-n3c5ccccc5c5c3c4cc3c4ccccc4n(-c4ccc(-c6ccccc6)cc4)c35)cc2)cc1. The lowest BCUT2D eigenvalue weighted by Crippen LogP contribution is -2.60. The van der Waals surface area contributed by atoms with E-state index in [4.69, 9.17) is 0 Å². The number of fused-ring (bicyclic) bond motifs is 11. The minimum Gasteiger partial charge on any atom is -0.311 e. The Morgan fingerprint density at radius 2 is 0.812 bits per heavy atom. The highest BCUT2D eigenvalue weighted by molar-refractivity contribution is 7.00. The van der Waals surface area contributed by atoms with Crippen molar-refractivity contribution in [2.75, 3.05) is 4.90 Å². The van der Waals surface area contributed by atoms with Gasteiger partial charge in [-0.25, -0.2) is 0 Å². The van der Waals surface area contributed by atoms with Gasteiger partial charge in [0.1, 0.15) is 0 Å². The highest BCUT2D eigenvalue weighted by atomic mass is 15.2. The third kappa shape index (κ3) is 4.99. The van der Waals surface area contributed by atoms with Crippen LogP contribution >= 0.6 is 0 Å². The zero-order chi connectivity index (χ0) is 41.9. The van der Waals surface area contributed by atoms with Crippen molar-refractivity contribution in [2.24, 2.45) is 0 Å². The molecule has 4 heteroatoms. The first kappa shape index (κ1) is 35.3. The van der Waals surface area contributed by atoms with Gasteiger partial charge in [0.25, 0.3) is 6.71 Å². The summed E-state index contributed by atoms with van der Waals surface area (Å²) < 4.78 is 5.10. The maximum absolute atomic E-state index is 2.58. The fourth-order valence-electron chi connectivity index (χ4n) is 11.2. The van der Waals surface area contributed by atoms with Gasteiger partial charge in [-0.1, -0.05) is 176 Å². The quantitative estimate of drug-likeness (QED) is 0.158. The molecule has 10 aromatic carbocycles. The average molecular weight is 812 g/mol. The third-order valence-electron chi connectivity index (χ3n) is 13.9. The van der Waals surface area contributed by atoms with Gasteiger partial charge in [-0.3, -0.25) is 0 Å². The van der Waals surface area contributed by atoms with Crippen LogP contribution in [-0.2, 0) is 0 Å². The molecule has 0 unspecified atom stereocenters. The highest BCUT2D eigenvalue weighted by Gasteiger charge is 2.43. The molecule has 0 fully saturated rings. The predicted octanol–water partition coefficient (Wildman–Crippen LogP) is 13.5. The van der Waals surface area contributed by atoms with E-state index >= 15 is 0 Å². The first-order chi connectivity index (χ1) is 31.8. The summed E-state index contributed by atoms with van der Waals surface area (Å²) in [6.45, 7) is -0.0133. The van der Waals surface area contributed by atoms with Gasteiger partial charge in [0, 0.05) is 50.0 Å². The summed E-state index contributed by atoms with van der Waals surface area (Å²) in [5.74, 6) is 0. The molecule has 14 rings (SSSR count). The second kappa shape index (κ2) is 13.6.